The van der Waals surface area contributed by atoms with Crippen LogP contribution in [0.15, 0.2) is 6.20 Å². The van der Waals surface area contributed by atoms with Crippen molar-refractivity contribution in [1.29, 1.82) is 0 Å². The van der Waals surface area contributed by atoms with Crippen molar-refractivity contribution in [3.05, 3.63) is 11.9 Å². The van der Waals surface area contributed by atoms with Gasteiger partial charge < -0.3 is 15.4 Å². The second kappa shape index (κ2) is 7.39. The Morgan fingerprint density at radius 2 is 2.12 bits per heavy atom. The van der Waals surface area contributed by atoms with Crippen LogP contribution in [0, 0.1) is 0 Å². The van der Waals surface area contributed by atoms with Crippen LogP contribution in [0.3, 0.4) is 0 Å². The van der Waals surface area contributed by atoms with Gasteiger partial charge in [0.2, 0.25) is 0 Å². The average molecular weight is 348 g/mol. The maximum Gasteiger partial charge on any atom is 0.273 e. The Hall–Kier alpha value is -1.51. The standard InChI is InChI=1S/C17H28N6O2/c24-16(19-14-11-17(25-13-14)3-1-2-4-17)15-12-23(21-20-15)10-9-22-7-5-18-6-8-22/h12,14,18H,1-11,13H2,(H,19,24). The molecule has 1 unspecified atom stereocenters. The van der Waals surface area contributed by atoms with E-state index in [1.165, 1.54) is 12.8 Å². The van der Waals surface area contributed by atoms with Crippen molar-refractivity contribution in [1.82, 2.24) is 30.5 Å². The SMILES string of the molecule is O=C(NC1COC2(CCCC2)C1)c1cn(CCN2CCNCC2)nn1. The summed E-state index contributed by atoms with van der Waals surface area (Å²) in [5.74, 6) is -0.142. The molecule has 1 aromatic heterocycles. The smallest absolute Gasteiger partial charge is 0.273 e. The second-order valence-corrected chi connectivity index (χ2v) is 7.53. The molecule has 8 nitrogen and oxygen atoms in total. The highest BCUT2D eigenvalue weighted by Gasteiger charge is 2.42. The lowest BCUT2D eigenvalue weighted by Gasteiger charge is -2.26. The molecule has 2 N–H and O–H groups in total. The summed E-state index contributed by atoms with van der Waals surface area (Å²) in [6.07, 6.45) is 7.40. The predicted molar refractivity (Wildman–Crippen MR) is 92.4 cm³/mol. The normalized spacial score (nSPS) is 26.3. The van der Waals surface area contributed by atoms with E-state index in [9.17, 15) is 4.79 Å². The molecule has 2 aliphatic heterocycles. The van der Waals surface area contributed by atoms with Gasteiger partial charge in [0.05, 0.1) is 31.0 Å². The summed E-state index contributed by atoms with van der Waals surface area (Å²) in [6, 6.07) is 0.0941. The number of carbonyl (C=O) groups excluding carboxylic acids is 1. The van der Waals surface area contributed by atoms with Crippen LogP contribution in [-0.2, 0) is 11.3 Å². The van der Waals surface area contributed by atoms with Gasteiger partial charge in [0.25, 0.3) is 5.91 Å². The van der Waals surface area contributed by atoms with Crippen LogP contribution in [-0.4, -0.2) is 76.8 Å². The Morgan fingerprint density at radius 3 is 2.92 bits per heavy atom. The van der Waals surface area contributed by atoms with Crippen molar-refractivity contribution in [3.8, 4) is 0 Å². The molecule has 1 amide bonds. The first kappa shape index (κ1) is 16.9. The summed E-state index contributed by atoms with van der Waals surface area (Å²) in [4.78, 5) is 14.8. The minimum absolute atomic E-state index is 0.0266. The molecule has 2 saturated heterocycles. The second-order valence-electron chi connectivity index (χ2n) is 7.53. The number of nitrogens with zero attached hydrogens (tertiary/aromatic N) is 4. The maximum atomic E-state index is 12.4. The third-order valence-corrected chi connectivity index (χ3v) is 5.69. The van der Waals surface area contributed by atoms with Crippen molar-refractivity contribution in [3.63, 3.8) is 0 Å². The van der Waals surface area contributed by atoms with E-state index >= 15 is 0 Å². The number of hydrogen-bond donors (Lipinski definition) is 2. The number of piperazine rings is 1. The van der Waals surface area contributed by atoms with Gasteiger partial charge in [-0.25, -0.2) is 0 Å². The van der Waals surface area contributed by atoms with Gasteiger partial charge in [0.1, 0.15) is 0 Å². The van der Waals surface area contributed by atoms with Crippen LogP contribution in [0.4, 0.5) is 0 Å². The predicted octanol–water partition coefficient (Wildman–Crippen LogP) is 0.0148. The molecule has 3 aliphatic rings. The van der Waals surface area contributed by atoms with Crippen molar-refractivity contribution < 1.29 is 9.53 Å². The van der Waals surface area contributed by atoms with Gasteiger partial charge in [0, 0.05) is 32.7 Å². The Bertz CT molecular complexity index is 592. The fraction of sp³-hybridized carbons (Fsp3) is 0.824. The summed E-state index contributed by atoms with van der Waals surface area (Å²) in [5.41, 5.74) is 0.423. The molecule has 3 heterocycles. The number of aromatic nitrogens is 3. The zero-order valence-corrected chi connectivity index (χ0v) is 14.7. The molecule has 4 rings (SSSR count). The van der Waals surface area contributed by atoms with Crippen LogP contribution < -0.4 is 10.6 Å². The van der Waals surface area contributed by atoms with Crippen LogP contribution >= 0.6 is 0 Å². The number of nitrogens with one attached hydrogen (secondary N) is 2. The first-order valence-electron chi connectivity index (χ1n) is 9.51. The monoisotopic (exact) mass is 348 g/mol. The molecule has 8 heteroatoms. The molecule has 1 aliphatic carbocycles. The van der Waals surface area contributed by atoms with E-state index in [2.05, 4.69) is 25.8 Å². The number of amides is 1. The van der Waals surface area contributed by atoms with Crippen molar-refractivity contribution in [2.24, 2.45) is 0 Å². The molecule has 1 saturated carbocycles. The quantitative estimate of drug-likeness (QED) is 0.780. The Labute approximate surface area is 148 Å². The van der Waals surface area contributed by atoms with Crippen LogP contribution in [0.1, 0.15) is 42.6 Å². The van der Waals surface area contributed by atoms with Crippen molar-refractivity contribution >= 4 is 5.91 Å². The minimum Gasteiger partial charge on any atom is -0.373 e. The highest BCUT2D eigenvalue weighted by molar-refractivity contribution is 5.92. The lowest BCUT2D eigenvalue weighted by Crippen LogP contribution is -2.44. The van der Waals surface area contributed by atoms with Crippen molar-refractivity contribution in [2.75, 3.05) is 39.3 Å². The van der Waals surface area contributed by atoms with Crippen LogP contribution in [0.25, 0.3) is 0 Å². The highest BCUT2D eigenvalue weighted by Crippen LogP contribution is 2.40. The summed E-state index contributed by atoms with van der Waals surface area (Å²) in [5, 5.41) is 14.6. The van der Waals surface area contributed by atoms with Gasteiger partial charge >= 0.3 is 0 Å². The van der Waals surface area contributed by atoms with Gasteiger partial charge in [0.15, 0.2) is 5.69 Å². The van der Waals surface area contributed by atoms with Gasteiger partial charge in [-0.1, -0.05) is 18.1 Å². The molecule has 1 atom stereocenters. The summed E-state index contributed by atoms with van der Waals surface area (Å²) < 4.78 is 7.76. The van der Waals surface area contributed by atoms with E-state index in [4.69, 9.17) is 4.74 Å². The number of ether oxygens (including phenoxy) is 1. The number of rotatable bonds is 5. The van der Waals surface area contributed by atoms with Gasteiger partial charge in [-0.15, -0.1) is 5.10 Å². The molecule has 138 valence electrons. The molecule has 1 aromatic rings. The minimum atomic E-state index is -0.142. The van der Waals surface area contributed by atoms with Gasteiger partial charge in [-0.2, -0.15) is 0 Å². The Kier molecular flexibility index (Phi) is 5.00. The molecule has 1 spiro atoms. The largest absolute Gasteiger partial charge is 0.373 e. The van der Waals surface area contributed by atoms with E-state index in [0.29, 0.717) is 12.3 Å². The number of hydrogen-bond acceptors (Lipinski definition) is 6. The zero-order chi connectivity index (χ0) is 17.1. The fourth-order valence-electron chi connectivity index (χ4n) is 4.25. The summed E-state index contributed by atoms with van der Waals surface area (Å²) in [7, 11) is 0. The summed E-state index contributed by atoms with van der Waals surface area (Å²) in [6.45, 7) is 6.51. The van der Waals surface area contributed by atoms with Crippen LogP contribution in [0.2, 0.25) is 0 Å². The van der Waals surface area contributed by atoms with E-state index in [-0.39, 0.29) is 17.6 Å². The lowest BCUT2D eigenvalue weighted by atomic mass is 9.96. The van der Waals surface area contributed by atoms with Crippen molar-refractivity contribution in [2.45, 2.75) is 50.3 Å². The van der Waals surface area contributed by atoms with E-state index in [1.54, 1.807) is 10.9 Å². The van der Waals surface area contributed by atoms with Gasteiger partial charge in [-0.3, -0.25) is 14.4 Å². The zero-order valence-electron chi connectivity index (χ0n) is 14.7. The first-order chi connectivity index (χ1) is 12.2. The lowest BCUT2D eigenvalue weighted by molar-refractivity contribution is 0.00987. The van der Waals surface area contributed by atoms with Gasteiger partial charge in [-0.05, 0) is 19.3 Å². The molecule has 25 heavy (non-hydrogen) atoms. The molecule has 3 fully saturated rings. The number of carbonyl (C=O) groups is 1. The Morgan fingerprint density at radius 1 is 1.32 bits per heavy atom. The molecule has 0 aromatic carbocycles. The molecule has 0 bridgehead atoms. The Balaban J connectivity index is 1.26. The molecular formula is C17H28N6O2. The maximum absolute atomic E-state index is 12.4. The van der Waals surface area contributed by atoms with E-state index in [0.717, 1.165) is 58.5 Å². The fourth-order valence-corrected chi connectivity index (χ4v) is 4.25. The average Bonchev–Trinajstić information content (AvgIpc) is 3.37. The van der Waals surface area contributed by atoms with E-state index in [1.807, 2.05) is 0 Å². The third-order valence-electron chi connectivity index (χ3n) is 5.69. The molecular weight excluding hydrogens is 320 g/mol. The first-order valence-corrected chi connectivity index (χ1v) is 9.51. The molecule has 0 radical (unpaired) electrons. The summed E-state index contributed by atoms with van der Waals surface area (Å²) >= 11 is 0. The highest BCUT2D eigenvalue weighted by atomic mass is 16.5. The topological polar surface area (TPSA) is 84.3 Å². The van der Waals surface area contributed by atoms with Crippen LogP contribution in [0.5, 0.6) is 0 Å². The third kappa shape index (κ3) is 4.02. The van der Waals surface area contributed by atoms with E-state index < -0.39 is 0 Å².